The Labute approximate surface area is 233 Å². The summed E-state index contributed by atoms with van der Waals surface area (Å²) in [6, 6.07) is 20.8. The van der Waals surface area contributed by atoms with Gasteiger partial charge >= 0.3 is 0 Å². The Balaban J connectivity index is 1.24. The summed E-state index contributed by atoms with van der Waals surface area (Å²) in [6.45, 7) is 4.56. The Bertz CT molecular complexity index is 1370. The van der Waals surface area contributed by atoms with Gasteiger partial charge in [-0.2, -0.15) is 4.98 Å². The van der Waals surface area contributed by atoms with Crippen LogP contribution in [0.2, 0.25) is 0 Å². The molecule has 208 valence electrons. The molecule has 40 heavy (non-hydrogen) atoms. The third-order valence-electron chi connectivity index (χ3n) is 6.13. The molecule has 0 unspecified atom stereocenters. The van der Waals surface area contributed by atoms with Crippen molar-refractivity contribution >= 4 is 23.3 Å². The molecule has 11 nitrogen and oxygen atoms in total. The van der Waals surface area contributed by atoms with Gasteiger partial charge in [0, 0.05) is 43.1 Å². The zero-order valence-electron chi connectivity index (χ0n) is 22.5. The number of aromatic nitrogens is 3. The van der Waals surface area contributed by atoms with Crippen LogP contribution < -0.4 is 29.6 Å². The Hall–Kier alpha value is -4.61. The van der Waals surface area contributed by atoms with E-state index in [4.69, 9.17) is 23.7 Å². The van der Waals surface area contributed by atoms with Gasteiger partial charge in [-0.3, -0.25) is 4.90 Å². The molecule has 3 aromatic carbocycles. The van der Waals surface area contributed by atoms with Crippen LogP contribution >= 0.6 is 0 Å². The smallest absolute Gasteiger partial charge is 0.232 e. The Morgan fingerprint density at radius 1 is 0.800 bits per heavy atom. The molecule has 0 saturated carbocycles. The number of rotatable bonds is 12. The fourth-order valence-corrected chi connectivity index (χ4v) is 4.12. The molecule has 1 aliphatic rings. The molecule has 0 aliphatic carbocycles. The fraction of sp³-hybridized carbons (Fsp3) is 0.276. The molecule has 2 N–H and O–H groups in total. The van der Waals surface area contributed by atoms with Gasteiger partial charge in [0.05, 0.1) is 27.4 Å². The highest BCUT2D eigenvalue weighted by atomic mass is 16.5. The summed E-state index contributed by atoms with van der Waals surface area (Å²) >= 11 is 0. The summed E-state index contributed by atoms with van der Waals surface area (Å²) in [5.74, 6) is 3.85. The van der Waals surface area contributed by atoms with Gasteiger partial charge in [0.15, 0.2) is 11.5 Å². The van der Waals surface area contributed by atoms with E-state index in [-0.39, 0.29) is 0 Å². The van der Waals surface area contributed by atoms with Gasteiger partial charge in [-0.05, 0) is 36.4 Å². The van der Waals surface area contributed by atoms with Crippen molar-refractivity contribution in [2.24, 2.45) is 0 Å². The predicted octanol–water partition coefficient (Wildman–Crippen LogP) is 4.88. The lowest BCUT2D eigenvalue weighted by Crippen LogP contribution is -2.38. The van der Waals surface area contributed by atoms with Crippen LogP contribution in [-0.4, -0.2) is 73.5 Å². The molecule has 5 rings (SSSR count). The summed E-state index contributed by atoms with van der Waals surface area (Å²) in [6.07, 6.45) is 1.44. The molecule has 1 aliphatic heterocycles. The van der Waals surface area contributed by atoms with E-state index in [2.05, 4.69) is 30.5 Å². The molecule has 11 heteroatoms. The van der Waals surface area contributed by atoms with E-state index in [9.17, 15) is 0 Å². The number of methoxy groups -OCH3 is 2. The maximum atomic E-state index is 6.10. The standard InChI is InChI=1S/C29H32N6O5/c1-36-25-18-22(19-26(27(25)37-2)39-17-14-35-12-15-38-16-13-35)33-29-31-20-30-28(34-29)32-21-8-10-24(11-9-21)40-23-6-4-3-5-7-23/h3-11,18-20H,12-17H2,1-2H3,(H2,30,31,32,33,34). The van der Waals surface area contributed by atoms with Crippen molar-refractivity contribution in [2.45, 2.75) is 0 Å². The predicted molar refractivity (Wildman–Crippen MR) is 152 cm³/mol. The topological polar surface area (TPSA) is 112 Å². The quantitative estimate of drug-likeness (QED) is 0.254. The van der Waals surface area contributed by atoms with Gasteiger partial charge < -0.3 is 34.3 Å². The number of hydrogen-bond acceptors (Lipinski definition) is 11. The number of hydrogen-bond donors (Lipinski definition) is 2. The Morgan fingerprint density at radius 2 is 1.48 bits per heavy atom. The lowest BCUT2D eigenvalue weighted by molar-refractivity contribution is 0.0321. The highest BCUT2D eigenvalue weighted by Crippen LogP contribution is 2.40. The summed E-state index contributed by atoms with van der Waals surface area (Å²) in [5.41, 5.74) is 1.48. The van der Waals surface area contributed by atoms with Crippen LogP contribution in [0.4, 0.5) is 23.3 Å². The minimum atomic E-state index is 0.355. The van der Waals surface area contributed by atoms with Crippen molar-refractivity contribution in [3.8, 4) is 28.7 Å². The first-order chi connectivity index (χ1) is 19.7. The fourth-order valence-electron chi connectivity index (χ4n) is 4.12. The maximum absolute atomic E-state index is 6.10. The van der Waals surface area contributed by atoms with Crippen molar-refractivity contribution in [3.05, 3.63) is 73.1 Å². The van der Waals surface area contributed by atoms with Crippen molar-refractivity contribution in [1.29, 1.82) is 0 Å². The number of nitrogens with one attached hydrogen (secondary N) is 2. The Kier molecular flexibility index (Phi) is 9.07. The molecule has 1 aromatic heterocycles. The van der Waals surface area contributed by atoms with Gasteiger partial charge in [-0.1, -0.05) is 18.2 Å². The first kappa shape index (κ1) is 27.0. The molecule has 1 fully saturated rings. The highest BCUT2D eigenvalue weighted by Gasteiger charge is 2.16. The molecule has 2 heterocycles. The number of benzene rings is 3. The largest absolute Gasteiger partial charge is 0.493 e. The van der Waals surface area contributed by atoms with E-state index in [0.29, 0.717) is 41.4 Å². The van der Waals surface area contributed by atoms with Crippen molar-refractivity contribution < 1.29 is 23.7 Å². The van der Waals surface area contributed by atoms with Gasteiger partial charge in [0.2, 0.25) is 17.6 Å². The van der Waals surface area contributed by atoms with Crippen molar-refractivity contribution in [1.82, 2.24) is 19.9 Å². The SMILES string of the molecule is COc1cc(Nc2ncnc(Nc3ccc(Oc4ccccc4)cc3)n2)cc(OCCN2CCOCC2)c1OC. The second-order valence-electron chi connectivity index (χ2n) is 8.83. The van der Waals surface area contributed by atoms with Crippen LogP contribution in [0.5, 0.6) is 28.7 Å². The number of para-hydroxylation sites is 1. The summed E-state index contributed by atoms with van der Waals surface area (Å²) in [4.78, 5) is 15.3. The zero-order valence-corrected chi connectivity index (χ0v) is 22.5. The number of nitrogens with zero attached hydrogens (tertiary/aromatic N) is 4. The van der Waals surface area contributed by atoms with E-state index in [0.717, 1.165) is 50.0 Å². The average molecular weight is 545 g/mol. The molecule has 0 bridgehead atoms. The van der Waals surface area contributed by atoms with Gasteiger partial charge in [0.1, 0.15) is 24.4 Å². The van der Waals surface area contributed by atoms with Gasteiger partial charge in [0.25, 0.3) is 0 Å². The molecule has 0 spiro atoms. The minimum absolute atomic E-state index is 0.355. The lowest BCUT2D eigenvalue weighted by Gasteiger charge is -2.26. The second-order valence-corrected chi connectivity index (χ2v) is 8.83. The van der Waals surface area contributed by atoms with Crippen LogP contribution in [0.15, 0.2) is 73.1 Å². The Morgan fingerprint density at radius 3 is 2.17 bits per heavy atom. The summed E-state index contributed by atoms with van der Waals surface area (Å²) in [7, 11) is 3.17. The van der Waals surface area contributed by atoms with Crippen LogP contribution in [0.1, 0.15) is 0 Å². The first-order valence-electron chi connectivity index (χ1n) is 12.9. The lowest BCUT2D eigenvalue weighted by atomic mass is 10.2. The highest BCUT2D eigenvalue weighted by molar-refractivity contribution is 5.66. The van der Waals surface area contributed by atoms with E-state index in [1.54, 1.807) is 20.3 Å². The molecular formula is C29H32N6O5. The van der Waals surface area contributed by atoms with Crippen molar-refractivity contribution in [3.63, 3.8) is 0 Å². The first-order valence-corrected chi connectivity index (χ1v) is 12.9. The number of morpholine rings is 1. The van der Waals surface area contributed by atoms with Crippen LogP contribution in [-0.2, 0) is 4.74 Å². The van der Waals surface area contributed by atoms with Crippen molar-refractivity contribution in [2.75, 3.05) is 64.3 Å². The molecule has 0 radical (unpaired) electrons. The number of ether oxygens (including phenoxy) is 5. The van der Waals surface area contributed by atoms with Gasteiger partial charge in [-0.15, -0.1) is 0 Å². The average Bonchev–Trinajstić information content (AvgIpc) is 2.99. The summed E-state index contributed by atoms with van der Waals surface area (Å²) < 4.78 is 28.5. The number of anilines is 4. The van der Waals surface area contributed by atoms with E-state index in [1.807, 2.05) is 60.7 Å². The third-order valence-corrected chi connectivity index (χ3v) is 6.13. The van der Waals surface area contributed by atoms with Crippen LogP contribution in [0.3, 0.4) is 0 Å². The van der Waals surface area contributed by atoms with E-state index in [1.165, 1.54) is 6.33 Å². The third kappa shape index (κ3) is 7.28. The monoisotopic (exact) mass is 544 g/mol. The molecule has 0 atom stereocenters. The normalized spacial score (nSPS) is 13.3. The van der Waals surface area contributed by atoms with Crippen LogP contribution in [0, 0.1) is 0 Å². The molecule has 4 aromatic rings. The van der Waals surface area contributed by atoms with E-state index >= 15 is 0 Å². The van der Waals surface area contributed by atoms with E-state index < -0.39 is 0 Å². The molecular weight excluding hydrogens is 512 g/mol. The summed E-state index contributed by atoms with van der Waals surface area (Å²) in [5, 5.41) is 6.40. The second kappa shape index (κ2) is 13.5. The molecule has 0 amide bonds. The minimum Gasteiger partial charge on any atom is -0.493 e. The molecule has 1 saturated heterocycles. The van der Waals surface area contributed by atoms with Crippen LogP contribution in [0.25, 0.3) is 0 Å². The van der Waals surface area contributed by atoms with Gasteiger partial charge in [-0.25, -0.2) is 9.97 Å². The zero-order chi connectivity index (χ0) is 27.6. The maximum Gasteiger partial charge on any atom is 0.232 e.